The molecule has 5 heteroatoms. The molecule has 0 aliphatic heterocycles. The summed E-state index contributed by atoms with van der Waals surface area (Å²) < 4.78 is 16.9. The number of methoxy groups -OCH3 is 1. The minimum atomic E-state index is -0.401. The molecule has 0 saturated carbocycles. The number of carbonyl (C=O) groups excluding carboxylic acids is 1. The van der Waals surface area contributed by atoms with E-state index in [1.165, 1.54) is 7.11 Å². The van der Waals surface area contributed by atoms with E-state index in [0.29, 0.717) is 17.8 Å². The zero-order chi connectivity index (χ0) is 20.4. The first kappa shape index (κ1) is 18.9. The van der Waals surface area contributed by atoms with E-state index in [1.807, 2.05) is 68.4 Å². The normalized spacial score (nSPS) is 11.2. The molecule has 3 aromatic carbocycles. The number of ether oxygens (including phenoxy) is 2. The van der Waals surface area contributed by atoms with Gasteiger partial charge in [-0.1, -0.05) is 30.3 Å². The summed E-state index contributed by atoms with van der Waals surface area (Å²) in [6, 6.07) is 19.6. The van der Waals surface area contributed by atoms with Crippen molar-refractivity contribution >= 4 is 33.6 Å². The van der Waals surface area contributed by atoms with E-state index >= 15 is 0 Å². The molecule has 1 aromatic heterocycles. The zero-order valence-corrected chi connectivity index (χ0v) is 16.7. The second kappa shape index (κ2) is 7.87. The second-order valence-corrected chi connectivity index (χ2v) is 7.22. The molecule has 5 nitrogen and oxygen atoms in total. The van der Waals surface area contributed by atoms with Gasteiger partial charge < -0.3 is 19.2 Å². The van der Waals surface area contributed by atoms with Gasteiger partial charge in [-0.05, 0) is 49.7 Å². The van der Waals surface area contributed by atoms with Gasteiger partial charge in [-0.25, -0.2) is 4.79 Å². The number of esters is 1. The molecule has 0 atom stereocenters. The van der Waals surface area contributed by atoms with Crippen molar-refractivity contribution in [3.63, 3.8) is 0 Å². The SMILES string of the molecule is COC(=O)c1cc2oc3ccc(OCc4ccccc4)cc3c2cc1NC(C)C. The van der Waals surface area contributed by atoms with Crippen molar-refractivity contribution in [2.24, 2.45) is 0 Å². The van der Waals surface area contributed by atoms with Crippen LogP contribution in [0.4, 0.5) is 5.69 Å². The molecular weight excluding hydrogens is 366 g/mol. The molecule has 0 bridgehead atoms. The van der Waals surface area contributed by atoms with Crippen molar-refractivity contribution in [3.8, 4) is 5.75 Å². The van der Waals surface area contributed by atoms with Gasteiger partial charge in [0.25, 0.3) is 0 Å². The predicted octanol–water partition coefficient (Wildman–Crippen LogP) is 5.77. The van der Waals surface area contributed by atoms with Gasteiger partial charge in [0.05, 0.1) is 12.7 Å². The highest BCUT2D eigenvalue weighted by atomic mass is 16.5. The molecule has 0 spiro atoms. The molecular formula is C24H23NO4. The van der Waals surface area contributed by atoms with Gasteiger partial charge in [0, 0.05) is 22.5 Å². The first-order valence-electron chi connectivity index (χ1n) is 9.57. The van der Waals surface area contributed by atoms with Gasteiger partial charge in [-0.15, -0.1) is 0 Å². The Morgan fingerprint density at radius 2 is 1.76 bits per heavy atom. The van der Waals surface area contributed by atoms with Crippen LogP contribution in [0.2, 0.25) is 0 Å². The number of fused-ring (bicyclic) bond motifs is 3. The Bertz CT molecular complexity index is 1160. The van der Waals surface area contributed by atoms with Crippen LogP contribution in [0.5, 0.6) is 5.75 Å². The average molecular weight is 389 g/mol. The van der Waals surface area contributed by atoms with E-state index in [1.54, 1.807) is 6.07 Å². The van der Waals surface area contributed by atoms with Gasteiger partial charge in [-0.3, -0.25) is 0 Å². The van der Waals surface area contributed by atoms with E-state index in [0.717, 1.165) is 33.4 Å². The van der Waals surface area contributed by atoms with Crippen LogP contribution in [-0.2, 0) is 11.3 Å². The van der Waals surface area contributed by atoms with E-state index in [-0.39, 0.29) is 6.04 Å². The van der Waals surface area contributed by atoms with Crippen LogP contribution >= 0.6 is 0 Å². The lowest BCUT2D eigenvalue weighted by molar-refractivity contribution is 0.0602. The van der Waals surface area contributed by atoms with Crippen molar-refractivity contribution in [3.05, 3.63) is 71.8 Å². The van der Waals surface area contributed by atoms with Gasteiger partial charge in [0.2, 0.25) is 0 Å². The fourth-order valence-corrected chi connectivity index (χ4v) is 3.34. The zero-order valence-electron chi connectivity index (χ0n) is 16.7. The van der Waals surface area contributed by atoms with Gasteiger partial charge >= 0.3 is 5.97 Å². The summed E-state index contributed by atoms with van der Waals surface area (Å²) >= 11 is 0. The summed E-state index contributed by atoms with van der Waals surface area (Å²) in [6.45, 7) is 4.54. The van der Waals surface area contributed by atoms with Crippen molar-refractivity contribution in [2.45, 2.75) is 26.5 Å². The van der Waals surface area contributed by atoms with Crippen molar-refractivity contribution in [2.75, 3.05) is 12.4 Å². The number of nitrogens with one attached hydrogen (secondary N) is 1. The van der Waals surface area contributed by atoms with Crippen molar-refractivity contribution in [1.82, 2.24) is 0 Å². The topological polar surface area (TPSA) is 60.7 Å². The lowest BCUT2D eigenvalue weighted by Gasteiger charge is -2.13. The average Bonchev–Trinajstić information content (AvgIpc) is 3.08. The molecule has 1 N–H and O–H groups in total. The quantitative estimate of drug-likeness (QED) is 0.424. The minimum Gasteiger partial charge on any atom is -0.489 e. The van der Waals surface area contributed by atoms with Crippen LogP contribution in [0, 0.1) is 0 Å². The van der Waals surface area contributed by atoms with Crippen LogP contribution in [0.3, 0.4) is 0 Å². The summed E-state index contributed by atoms with van der Waals surface area (Å²) in [5, 5.41) is 5.18. The van der Waals surface area contributed by atoms with Crippen LogP contribution in [0.25, 0.3) is 21.9 Å². The van der Waals surface area contributed by atoms with E-state index in [2.05, 4.69) is 5.32 Å². The fraction of sp³-hybridized carbons (Fsp3) is 0.208. The van der Waals surface area contributed by atoms with E-state index in [9.17, 15) is 4.79 Å². The maximum Gasteiger partial charge on any atom is 0.340 e. The molecule has 0 radical (unpaired) electrons. The monoisotopic (exact) mass is 389 g/mol. The maximum atomic E-state index is 12.2. The lowest BCUT2D eigenvalue weighted by atomic mass is 10.1. The van der Waals surface area contributed by atoms with E-state index in [4.69, 9.17) is 13.9 Å². The van der Waals surface area contributed by atoms with Gasteiger partial charge in [0.1, 0.15) is 23.5 Å². The third-order valence-electron chi connectivity index (χ3n) is 4.68. The van der Waals surface area contributed by atoms with Gasteiger partial charge in [0.15, 0.2) is 0 Å². The van der Waals surface area contributed by atoms with Crippen molar-refractivity contribution in [1.29, 1.82) is 0 Å². The number of rotatable bonds is 6. The molecule has 29 heavy (non-hydrogen) atoms. The van der Waals surface area contributed by atoms with Crippen LogP contribution in [-0.4, -0.2) is 19.1 Å². The van der Waals surface area contributed by atoms with Crippen LogP contribution in [0.15, 0.2) is 65.1 Å². The third-order valence-corrected chi connectivity index (χ3v) is 4.68. The number of hydrogen-bond donors (Lipinski definition) is 1. The molecule has 4 aromatic rings. The molecule has 0 amide bonds. The summed E-state index contributed by atoms with van der Waals surface area (Å²) in [4.78, 5) is 12.2. The molecule has 0 aliphatic carbocycles. The Hall–Kier alpha value is -3.47. The van der Waals surface area contributed by atoms with E-state index < -0.39 is 5.97 Å². The summed E-state index contributed by atoms with van der Waals surface area (Å²) in [6.07, 6.45) is 0. The maximum absolute atomic E-state index is 12.2. The van der Waals surface area contributed by atoms with Crippen LogP contribution in [0.1, 0.15) is 29.8 Å². The largest absolute Gasteiger partial charge is 0.489 e. The molecule has 0 saturated heterocycles. The Morgan fingerprint density at radius 1 is 1.00 bits per heavy atom. The molecule has 148 valence electrons. The molecule has 4 rings (SSSR count). The number of benzene rings is 3. The predicted molar refractivity (Wildman–Crippen MR) is 115 cm³/mol. The molecule has 0 fully saturated rings. The minimum absolute atomic E-state index is 0.166. The lowest BCUT2D eigenvalue weighted by Crippen LogP contribution is -2.14. The first-order chi connectivity index (χ1) is 14.0. The molecule has 0 aliphatic rings. The summed E-state index contributed by atoms with van der Waals surface area (Å²) in [5.74, 6) is 0.363. The molecule has 1 heterocycles. The molecule has 0 unspecified atom stereocenters. The Labute approximate surface area is 169 Å². The highest BCUT2D eigenvalue weighted by Crippen LogP contribution is 2.35. The van der Waals surface area contributed by atoms with Crippen molar-refractivity contribution < 1.29 is 18.7 Å². The Balaban J connectivity index is 1.75. The number of furan rings is 1. The Kier molecular flexibility index (Phi) is 5.12. The number of carbonyl (C=O) groups is 1. The number of anilines is 1. The fourth-order valence-electron chi connectivity index (χ4n) is 3.34. The smallest absolute Gasteiger partial charge is 0.340 e. The Morgan fingerprint density at radius 3 is 2.48 bits per heavy atom. The second-order valence-electron chi connectivity index (χ2n) is 7.22. The number of hydrogen-bond acceptors (Lipinski definition) is 5. The summed E-state index contributed by atoms with van der Waals surface area (Å²) in [7, 11) is 1.38. The highest BCUT2D eigenvalue weighted by molar-refractivity contribution is 6.10. The van der Waals surface area contributed by atoms with Gasteiger partial charge in [-0.2, -0.15) is 0 Å². The van der Waals surface area contributed by atoms with Crippen LogP contribution < -0.4 is 10.1 Å². The third kappa shape index (κ3) is 3.90. The summed E-state index contributed by atoms with van der Waals surface area (Å²) in [5.41, 5.74) is 3.65. The highest BCUT2D eigenvalue weighted by Gasteiger charge is 2.18. The standard InChI is InChI=1S/C24H23NO4/c1-15(2)25-21-12-19-18-11-17(28-14-16-7-5-4-6-8-16)9-10-22(18)29-23(19)13-20(21)24(26)27-3/h4-13,15,25H,14H2,1-3H3. The first-order valence-corrected chi connectivity index (χ1v) is 9.57.